The number of rotatable bonds is 7. The van der Waals surface area contributed by atoms with E-state index in [0.29, 0.717) is 42.8 Å². The minimum absolute atomic E-state index is 0.0232. The highest BCUT2D eigenvalue weighted by Gasteiger charge is 2.26. The molecule has 6 heteroatoms. The first kappa shape index (κ1) is 18.1. The van der Waals surface area contributed by atoms with Crippen molar-refractivity contribution in [2.75, 3.05) is 24.7 Å². The fraction of sp³-hybridized carbons (Fsp3) is 0.300. The number of halogens is 1. The summed E-state index contributed by atoms with van der Waals surface area (Å²) in [4.78, 5) is 26.3. The Labute approximate surface area is 151 Å². The number of anilines is 1. The van der Waals surface area contributed by atoms with E-state index in [-0.39, 0.29) is 18.2 Å². The number of aliphatic hydroxyl groups is 1. The fourth-order valence-corrected chi connectivity index (χ4v) is 3.10. The van der Waals surface area contributed by atoms with Crippen LogP contribution < -0.4 is 4.90 Å². The molecule has 0 saturated carbocycles. The summed E-state index contributed by atoms with van der Waals surface area (Å²) in [5.41, 5.74) is 1.78. The summed E-state index contributed by atoms with van der Waals surface area (Å²) in [6.45, 7) is 0.749. The summed E-state index contributed by atoms with van der Waals surface area (Å²) in [6.07, 6.45) is 0.494. The van der Waals surface area contributed by atoms with Crippen LogP contribution >= 0.6 is 0 Å². The summed E-state index contributed by atoms with van der Waals surface area (Å²) in [5.74, 6) is -0.973. The van der Waals surface area contributed by atoms with E-state index in [2.05, 4.69) is 0 Å². The van der Waals surface area contributed by atoms with Gasteiger partial charge in [0.25, 0.3) is 0 Å². The molecule has 2 aromatic carbocycles. The molecule has 26 heavy (non-hydrogen) atoms. The van der Waals surface area contributed by atoms with Gasteiger partial charge < -0.3 is 9.84 Å². The summed E-state index contributed by atoms with van der Waals surface area (Å²) in [5, 5.41) is 9.15. The molecule has 0 unspecified atom stereocenters. The molecule has 0 spiro atoms. The second-order valence-corrected chi connectivity index (χ2v) is 6.15. The van der Waals surface area contributed by atoms with Gasteiger partial charge in [-0.25, -0.2) is 9.18 Å². The molecule has 1 amide bonds. The van der Waals surface area contributed by atoms with E-state index in [1.807, 2.05) is 0 Å². The number of hydrogen-bond acceptors (Lipinski definition) is 4. The third-order valence-electron chi connectivity index (χ3n) is 4.44. The Balaban J connectivity index is 1.88. The molecule has 1 heterocycles. The highest BCUT2D eigenvalue weighted by Crippen LogP contribution is 2.28. The van der Waals surface area contributed by atoms with Gasteiger partial charge in [-0.2, -0.15) is 0 Å². The molecule has 2 aromatic rings. The quantitative estimate of drug-likeness (QED) is 0.770. The summed E-state index contributed by atoms with van der Waals surface area (Å²) in [7, 11) is 0. The van der Waals surface area contributed by atoms with Crippen molar-refractivity contribution >= 4 is 17.6 Å². The first-order valence-electron chi connectivity index (χ1n) is 8.55. The van der Waals surface area contributed by atoms with E-state index in [1.165, 1.54) is 17.0 Å². The molecule has 5 nitrogen and oxygen atoms in total. The summed E-state index contributed by atoms with van der Waals surface area (Å²) < 4.78 is 18.2. The van der Waals surface area contributed by atoms with Crippen molar-refractivity contribution in [3.05, 3.63) is 65.5 Å². The largest absolute Gasteiger partial charge is 0.447 e. The average molecular weight is 357 g/mol. The lowest BCUT2D eigenvalue weighted by molar-refractivity contribution is 0.0951. The van der Waals surface area contributed by atoms with E-state index in [4.69, 9.17) is 9.84 Å². The Kier molecular flexibility index (Phi) is 5.63. The Bertz CT molecular complexity index is 791. The van der Waals surface area contributed by atoms with Crippen molar-refractivity contribution in [2.24, 2.45) is 0 Å². The van der Waals surface area contributed by atoms with Gasteiger partial charge in [-0.3, -0.25) is 9.69 Å². The number of ketones is 1. The predicted octanol–water partition coefficient (Wildman–Crippen LogP) is 3.52. The van der Waals surface area contributed by atoms with Crippen molar-refractivity contribution in [2.45, 2.75) is 18.8 Å². The van der Waals surface area contributed by atoms with Crippen LogP contribution in [0.2, 0.25) is 0 Å². The predicted molar refractivity (Wildman–Crippen MR) is 94.9 cm³/mol. The SMILES string of the molecule is O=C(c1cccc(N2CCOC2=O)c1)[C@H](CCCO)c1ccc(F)cc1. The van der Waals surface area contributed by atoms with Gasteiger partial charge in [0.15, 0.2) is 5.78 Å². The van der Waals surface area contributed by atoms with Crippen LogP contribution in [0.3, 0.4) is 0 Å². The van der Waals surface area contributed by atoms with Crippen molar-refractivity contribution in [1.82, 2.24) is 0 Å². The number of aliphatic hydroxyl groups excluding tert-OH is 1. The molecule has 1 aliphatic rings. The van der Waals surface area contributed by atoms with Gasteiger partial charge in [-0.1, -0.05) is 24.3 Å². The number of benzene rings is 2. The van der Waals surface area contributed by atoms with Crippen LogP contribution in [0.25, 0.3) is 0 Å². The van der Waals surface area contributed by atoms with Gasteiger partial charge in [0.05, 0.1) is 6.54 Å². The maximum atomic E-state index is 13.2. The molecule has 0 aliphatic carbocycles. The Morgan fingerprint density at radius 2 is 2.00 bits per heavy atom. The maximum Gasteiger partial charge on any atom is 0.414 e. The first-order valence-corrected chi connectivity index (χ1v) is 8.55. The lowest BCUT2D eigenvalue weighted by Gasteiger charge is -2.18. The standard InChI is InChI=1S/C20H20FNO4/c21-16-8-6-14(7-9-16)18(5-2-11-23)19(24)15-3-1-4-17(13-15)22-10-12-26-20(22)25/h1,3-4,6-9,13,18,23H,2,5,10-12H2/t18-/m1/s1. The maximum absolute atomic E-state index is 13.2. The van der Waals surface area contributed by atoms with Crippen LogP contribution in [0.15, 0.2) is 48.5 Å². The van der Waals surface area contributed by atoms with Gasteiger partial charge in [0, 0.05) is 23.8 Å². The summed E-state index contributed by atoms with van der Waals surface area (Å²) >= 11 is 0. The van der Waals surface area contributed by atoms with E-state index >= 15 is 0 Å². The third kappa shape index (κ3) is 3.91. The van der Waals surface area contributed by atoms with Crippen LogP contribution in [0, 0.1) is 5.82 Å². The second kappa shape index (κ2) is 8.10. The van der Waals surface area contributed by atoms with Crippen LogP contribution in [-0.2, 0) is 4.74 Å². The highest BCUT2D eigenvalue weighted by molar-refractivity contribution is 6.02. The Morgan fingerprint density at radius 3 is 2.65 bits per heavy atom. The molecule has 0 aromatic heterocycles. The number of hydrogen-bond donors (Lipinski definition) is 1. The van der Waals surface area contributed by atoms with E-state index < -0.39 is 12.0 Å². The molecular weight excluding hydrogens is 337 g/mol. The minimum Gasteiger partial charge on any atom is -0.447 e. The van der Waals surface area contributed by atoms with Gasteiger partial charge in [0.1, 0.15) is 12.4 Å². The second-order valence-electron chi connectivity index (χ2n) is 6.15. The first-order chi connectivity index (χ1) is 12.6. The zero-order chi connectivity index (χ0) is 18.5. The number of carbonyl (C=O) groups excluding carboxylic acids is 2. The summed E-state index contributed by atoms with van der Waals surface area (Å²) in [6, 6.07) is 12.7. The van der Waals surface area contributed by atoms with E-state index in [0.717, 1.165) is 0 Å². The number of carbonyl (C=O) groups is 2. The molecule has 1 N–H and O–H groups in total. The van der Waals surface area contributed by atoms with Crippen molar-refractivity contribution in [3.63, 3.8) is 0 Å². The molecule has 0 bridgehead atoms. The van der Waals surface area contributed by atoms with Crippen molar-refractivity contribution < 1.29 is 23.8 Å². The van der Waals surface area contributed by atoms with Crippen LogP contribution in [0.1, 0.15) is 34.7 Å². The topological polar surface area (TPSA) is 66.8 Å². The average Bonchev–Trinajstić information content (AvgIpc) is 3.09. The highest BCUT2D eigenvalue weighted by atomic mass is 19.1. The van der Waals surface area contributed by atoms with E-state index in [9.17, 15) is 14.0 Å². The molecule has 1 fully saturated rings. The molecular formula is C20H20FNO4. The number of nitrogens with zero attached hydrogens (tertiary/aromatic N) is 1. The Morgan fingerprint density at radius 1 is 1.23 bits per heavy atom. The number of Topliss-reactive ketones (excluding diaryl/α,β-unsaturated/α-hetero) is 1. The van der Waals surface area contributed by atoms with Crippen LogP contribution in [0.4, 0.5) is 14.9 Å². The lowest BCUT2D eigenvalue weighted by Crippen LogP contribution is -2.23. The van der Waals surface area contributed by atoms with E-state index in [1.54, 1.807) is 36.4 Å². The molecule has 0 radical (unpaired) electrons. The van der Waals surface area contributed by atoms with Crippen LogP contribution in [0.5, 0.6) is 0 Å². The monoisotopic (exact) mass is 357 g/mol. The lowest BCUT2D eigenvalue weighted by atomic mass is 9.87. The molecule has 3 rings (SSSR count). The molecule has 1 saturated heterocycles. The zero-order valence-corrected chi connectivity index (χ0v) is 14.2. The minimum atomic E-state index is -0.483. The van der Waals surface area contributed by atoms with Gasteiger partial charge in [0.2, 0.25) is 0 Å². The van der Waals surface area contributed by atoms with Crippen molar-refractivity contribution in [3.8, 4) is 0 Å². The van der Waals surface area contributed by atoms with Gasteiger partial charge >= 0.3 is 6.09 Å². The number of amides is 1. The molecule has 136 valence electrons. The third-order valence-corrected chi connectivity index (χ3v) is 4.44. The Hall–Kier alpha value is -2.73. The normalized spacial score (nSPS) is 15.0. The number of ether oxygens (including phenoxy) is 1. The van der Waals surface area contributed by atoms with Crippen LogP contribution in [-0.4, -0.2) is 36.7 Å². The van der Waals surface area contributed by atoms with Gasteiger partial charge in [-0.15, -0.1) is 0 Å². The molecule has 1 aliphatic heterocycles. The zero-order valence-electron chi connectivity index (χ0n) is 14.2. The fourth-order valence-electron chi connectivity index (χ4n) is 3.10. The van der Waals surface area contributed by atoms with Crippen molar-refractivity contribution in [1.29, 1.82) is 0 Å². The number of cyclic esters (lactones) is 1. The molecule has 1 atom stereocenters. The van der Waals surface area contributed by atoms with Gasteiger partial charge in [-0.05, 0) is 42.7 Å². The smallest absolute Gasteiger partial charge is 0.414 e.